The van der Waals surface area contributed by atoms with E-state index in [9.17, 15) is 4.79 Å². The zero-order chi connectivity index (χ0) is 14.0. The van der Waals surface area contributed by atoms with Crippen LogP contribution in [-0.4, -0.2) is 50.1 Å². The Labute approximate surface area is 122 Å². The van der Waals surface area contributed by atoms with Crippen molar-refractivity contribution in [2.24, 2.45) is 0 Å². The second kappa shape index (κ2) is 5.92. The second-order valence-electron chi connectivity index (χ2n) is 5.02. The molecule has 0 bridgehead atoms. The van der Waals surface area contributed by atoms with Gasteiger partial charge in [0.25, 0.3) is 0 Å². The van der Waals surface area contributed by atoms with Crippen molar-refractivity contribution in [1.82, 2.24) is 10.2 Å². The van der Waals surface area contributed by atoms with E-state index in [1.54, 1.807) is 0 Å². The van der Waals surface area contributed by atoms with E-state index in [0.717, 1.165) is 16.7 Å². The smallest absolute Gasteiger partial charge is 0.246 e. The minimum atomic E-state index is -0.139. The lowest BCUT2D eigenvalue weighted by atomic mass is 10.0. The second-order valence-corrected chi connectivity index (χ2v) is 5.94. The van der Waals surface area contributed by atoms with Gasteiger partial charge in [0.1, 0.15) is 6.04 Å². The predicted molar refractivity (Wildman–Crippen MR) is 81.4 cm³/mol. The Hall–Kier alpha value is -1.07. The lowest BCUT2D eigenvalue weighted by molar-refractivity contribution is -0.133. The molecular formula is C14H20BrN3O. The van der Waals surface area contributed by atoms with Crippen molar-refractivity contribution in [3.63, 3.8) is 0 Å². The maximum atomic E-state index is 12.3. The first-order valence-corrected chi connectivity index (χ1v) is 7.27. The number of rotatable bonds is 3. The van der Waals surface area contributed by atoms with E-state index in [0.29, 0.717) is 12.6 Å². The van der Waals surface area contributed by atoms with Crippen molar-refractivity contribution >= 4 is 27.5 Å². The molecular weight excluding hydrogens is 306 g/mol. The first-order chi connectivity index (χ1) is 9.04. The zero-order valence-corrected chi connectivity index (χ0v) is 13.1. The van der Waals surface area contributed by atoms with Crippen LogP contribution in [-0.2, 0) is 4.79 Å². The van der Waals surface area contributed by atoms with Gasteiger partial charge in [-0.1, -0.05) is 15.9 Å². The normalized spacial score (nSPS) is 23.9. The fourth-order valence-electron chi connectivity index (χ4n) is 2.68. The fraction of sp³-hybridized carbons (Fsp3) is 0.500. The number of likely N-dealkylation sites (N-methyl/N-ethyl adjacent to an activating group) is 2. The standard InChI is InChI=1S/C14H20BrN3O/c1-10-9-17(3)14(19)13(8-16-2)18(10)12-6-4-11(15)5-7-12/h4-7,10,13,16H,8-9H2,1-3H3. The molecule has 4 nitrogen and oxygen atoms in total. The number of hydrogen-bond acceptors (Lipinski definition) is 3. The van der Waals surface area contributed by atoms with Gasteiger partial charge in [-0.25, -0.2) is 0 Å². The van der Waals surface area contributed by atoms with Crippen LogP contribution >= 0.6 is 15.9 Å². The molecule has 104 valence electrons. The van der Waals surface area contributed by atoms with Crippen molar-refractivity contribution in [2.45, 2.75) is 19.0 Å². The lowest BCUT2D eigenvalue weighted by Crippen LogP contribution is -2.62. The fourth-order valence-corrected chi connectivity index (χ4v) is 2.95. The highest BCUT2D eigenvalue weighted by Gasteiger charge is 2.36. The average molecular weight is 326 g/mol. The van der Waals surface area contributed by atoms with Crippen molar-refractivity contribution in [3.05, 3.63) is 28.7 Å². The van der Waals surface area contributed by atoms with Crippen LogP contribution in [0.4, 0.5) is 5.69 Å². The minimum Gasteiger partial charge on any atom is -0.354 e. The summed E-state index contributed by atoms with van der Waals surface area (Å²) in [5.74, 6) is 0.176. The van der Waals surface area contributed by atoms with Crippen LogP contribution in [0.15, 0.2) is 28.7 Å². The topological polar surface area (TPSA) is 35.6 Å². The number of nitrogens with one attached hydrogen (secondary N) is 1. The Kier molecular flexibility index (Phi) is 4.47. The van der Waals surface area contributed by atoms with Crippen LogP contribution in [0.1, 0.15) is 6.92 Å². The van der Waals surface area contributed by atoms with E-state index in [1.807, 2.05) is 31.1 Å². The third kappa shape index (κ3) is 2.92. The highest BCUT2D eigenvalue weighted by Crippen LogP contribution is 2.26. The molecule has 1 aromatic carbocycles. The predicted octanol–water partition coefficient (Wildman–Crippen LogP) is 1.70. The monoisotopic (exact) mass is 325 g/mol. The number of amides is 1. The number of nitrogens with zero attached hydrogens (tertiary/aromatic N) is 2. The largest absolute Gasteiger partial charge is 0.354 e. The van der Waals surface area contributed by atoms with Crippen LogP contribution < -0.4 is 10.2 Å². The third-order valence-corrected chi connectivity index (χ3v) is 4.06. The summed E-state index contributed by atoms with van der Waals surface area (Å²) in [5.41, 5.74) is 1.09. The van der Waals surface area contributed by atoms with E-state index in [4.69, 9.17) is 0 Å². The number of piperazine rings is 1. The molecule has 2 rings (SSSR count). The Bertz CT molecular complexity index is 449. The molecule has 19 heavy (non-hydrogen) atoms. The van der Waals surface area contributed by atoms with Gasteiger partial charge < -0.3 is 15.1 Å². The molecule has 1 heterocycles. The summed E-state index contributed by atoms with van der Waals surface area (Å²) < 4.78 is 1.05. The molecule has 1 N–H and O–H groups in total. The maximum Gasteiger partial charge on any atom is 0.246 e. The summed E-state index contributed by atoms with van der Waals surface area (Å²) in [6, 6.07) is 8.31. The number of carbonyl (C=O) groups excluding carboxylic acids is 1. The first kappa shape index (κ1) is 14.3. The van der Waals surface area contributed by atoms with E-state index in [-0.39, 0.29) is 11.9 Å². The van der Waals surface area contributed by atoms with Crippen LogP contribution in [0.3, 0.4) is 0 Å². The molecule has 5 heteroatoms. The Morgan fingerprint density at radius 3 is 2.58 bits per heavy atom. The van der Waals surface area contributed by atoms with Crippen molar-refractivity contribution in [3.8, 4) is 0 Å². The van der Waals surface area contributed by atoms with Gasteiger partial charge in [0.2, 0.25) is 5.91 Å². The van der Waals surface area contributed by atoms with Crippen LogP contribution in [0.25, 0.3) is 0 Å². The van der Waals surface area contributed by atoms with Gasteiger partial charge in [0, 0.05) is 36.3 Å². The number of hydrogen-bond donors (Lipinski definition) is 1. The Balaban J connectivity index is 2.33. The minimum absolute atomic E-state index is 0.139. The average Bonchev–Trinajstić information content (AvgIpc) is 2.38. The molecule has 0 saturated carbocycles. The highest BCUT2D eigenvalue weighted by molar-refractivity contribution is 9.10. The van der Waals surface area contributed by atoms with Crippen LogP contribution in [0.2, 0.25) is 0 Å². The molecule has 0 radical (unpaired) electrons. The molecule has 1 fully saturated rings. The van der Waals surface area contributed by atoms with Gasteiger partial charge in [-0.3, -0.25) is 4.79 Å². The molecule has 1 amide bonds. The van der Waals surface area contributed by atoms with Crippen LogP contribution in [0.5, 0.6) is 0 Å². The van der Waals surface area contributed by atoms with Crippen LogP contribution in [0, 0.1) is 0 Å². The van der Waals surface area contributed by atoms with Gasteiger partial charge in [-0.05, 0) is 38.2 Å². The Morgan fingerprint density at radius 1 is 1.37 bits per heavy atom. The van der Waals surface area contributed by atoms with Gasteiger partial charge in [-0.15, -0.1) is 0 Å². The molecule has 1 aromatic rings. The molecule has 0 spiro atoms. The zero-order valence-electron chi connectivity index (χ0n) is 11.6. The lowest BCUT2D eigenvalue weighted by Gasteiger charge is -2.45. The van der Waals surface area contributed by atoms with E-state index in [1.165, 1.54) is 0 Å². The molecule has 1 aliphatic rings. The molecule has 0 aliphatic carbocycles. The van der Waals surface area contributed by atoms with Crippen molar-refractivity contribution in [2.75, 3.05) is 32.1 Å². The van der Waals surface area contributed by atoms with E-state index < -0.39 is 0 Å². The molecule has 2 atom stereocenters. The SMILES string of the molecule is CNCC1C(=O)N(C)CC(C)N1c1ccc(Br)cc1. The quantitative estimate of drug-likeness (QED) is 0.918. The van der Waals surface area contributed by atoms with Crippen molar-refractivity contribution < 1.29 is 4.79 Å². The molecule has 1 saturated heterocycles. The molecule has 0 aromatic heterocycles. The number of halogens is 1. The van der Waals surface area contributed by atoms with Gasteiger partial charge in [0.15, 0.2) is 0 Å². The highest BCUT2D eigenvalue weighted by atomic mass is 79.9. The summed E-state index contributed by atoms with van der Waals surface area (Å²) in [6.07, 6.45) is 0. The number of carbonyl (C=O) groups is 1. The van der Waals surface area contributed by atoms with E-state index in [2.05, 4.69) is 45.2 Å². The maximum absolute atomic E-state index is 12.3. The molecule has 2 unspecified atom stereocenters. The summed E-state index contributed by atoms with van der Waals surface area (Å²) in [7, 11) is 3.76. The van der Waals surface area contributed by atoms with Gasteiger partial charge in [-0.2, -0.15) is 0 Å². The van der Waals surface area contributed by atoms with Gasteiger partial charge in [0.05, 0.1) is 0 Å². The Morgan fingerprint density at radius 2 is 2.00 bits per heavy atom. The summed E-state index contributed by atoms with van der Waals surface area (Å²) in [5, 5.41) is 3.12. The van der Waals surface area contributed by atoms with E-state index >= 15 is 0 Å². The van der Waals surface area contributed by atoms with Crippen molar-refractivity contribution in [1.29, 1.82) is 0 Å². The molecule has 1 aliphatic heterocycles. The summed E-state index contributed by atoms with van der Waals surface area (Å²) >= 11 is 3.45. The number of anilines is 1. The third-order valence-electron chi connectivity index (χ3n) is 3.53. The van der Waals surface area contributed by atoms with Gasteiger partial charge >= 0.3 is 0 Å². The first-order valence-electron chi connectivity index (χ1n) is 6.48. The summed E-state index contributed by atoms with van der Waals surface area (Å²) in [6.45, 7) is 3.58. The number of benzene rings is 1. The summed E-state index contributed by atoms with van der Waals surface area (Å²) in [4.78, 5) is 16.4.